The van der Waals surface area contributed by atoms with Gasteiger partial charge in [0.1, 0.15) is 11.4 Å². The van der Waals surface area contributed by atoms with Crippen LogP contribution < -0.4 is 0 Å². The predicted molar refractivity (Wildman–Crippen MR) is 82.5 cm³/mol. The zero-order chi connectivity index (χ0) is 15.7. The fourth-order valence-electron chi connectivity index (χ4n) is 1.60. The Morgan fingerprint density at radius 1 is 0.850 bits per heavy atom. The first-order valence-electron chi connectivity index (χ1n) is 5.95. The number of hydrogen-bond donors (Lipinski definition) is 0. The summed E-state index contributed by atoms with van der Waals surface area (Å²) < 4.78 is 0. The maximum absolute atomic E-state index is 11.9. The molecule has 0 saturated carbocycles. The van der Waals surface area contributed by atoms with E-state index < -0.39 is 0 Å². The Hall–Kier alpha value is -2.81. The van der Waals surface area contributed by atoms with Gasteiger partial charge < -0.3 is 0 Å². The normalized spacial score (nSPS) is 11.2. The standard InChI is InChI=1S/C18H17NO/c1-8-12-14(5)17(10-3)19(16(7)20)18(11-4)15(6)13-9-2/h3-4H,1-2,5-7H3/b17-14-,18-15+. The van der Waals surface area contributed by atoms with Gasteiger partial charge in [-0.3, -0.25) is 9.69 Å². The number of carbonyl (C=O) groups excluding carboxylic acids is 1. The van der Waals surface area contributed by atoms with Crippen molar-refractivity contribution in [1.82, 2.24) is 4.90 Å². The van der Waals surface area contributed by atoms with Gasteiger partial charge in [0.05, 0.1) is 0 Å². The highest BCUT2D eigenvalue weighted by atomic mass is 16.2. The Morgan fingerprint density at radius 3 is 1.40 bits per heavy atom. The highest BCUT2D eigenvalue weighted by molar-refractivity contribution is 5.80. The van der Waals surface area contributed by atoms with Crippen molar-refractivity contribution in [2.24, 2.45) is 0 Å². The molecule has 0 aromatic heterocycles. The monoisotopic (exact) mass is 263 g/mol. The van der Waals surface area contributed by atoms with Crippen LogP contribution >= 0.6 is 0 Å². The Bertz CT molecular complexity index is 613. The van der Waals surface area contributed by atoms with E-state index in [-0.39, 0.29) is 5.91 Å². The fraction of sp³-hybridized carbons (Fsp3) is 0.278. The molecular formula is C18H17NO. The summed E-state index contributed by atoms with van der Waals surface area (Å²) in [5, 5.41) is 0. The lowest BCUT2D eigenvalue weighted by atomic mass is 10.1. The van der Waals surface area contributed by atoms with Crippen LogP contribution in [0.3, 0.4) is 0 Å². The molecular weight excluding hydrogens is 246 g/mol. The second-order valence-corrected chi connectivity index (χ2v) is 3.84. The average molecular weight is 263 g/mol. The summed E-state index contributed by atoms with van der Waals surface area (Å²) in [6.45, 7) is 8.28. The van der Waals surface area contributed by atoms with E-state index in [1.54, 1.807) is 27.7 Å². The minimum atomic E-state index is -0.277. The lowest BCUT2D eigenvalue weighted by molar-refractivity contribution is -0.125. The fourth-order valence-corrected chi connectivity index (χ4v) is 1.60. The van der Waals surface area contributed by atoms with E-state index in [0.29, 0.717) is 22.5 Å². The number of allylic oxidation sites excluding steroid dienone is 4. The highest BCUT2D eigenvalue weighted by Gasteiger charge is 2.20. The first-order chi connectivity index (χ1) is 9.44. The average Bonchev–Trinajstić information content (AvgIpc) is 2.39. The van der Waals surface area contributed by atoms with Gasteiger partial charge in [-0.15, -0.1) is 24.7 Å². The van der Waals surface area contributed by atoms with Crippen molar-refractivity contribution in [3.63, 3.8) is 0 Å². The summed E-state index contributed by atoms with van der Waals surface area (Å²) in [6, 6.07) is 0. The number of nitrogens with zero attached hydrogens (tertiary/aromatic N) is 1. The van der Waals surface area contributed by atoms with Gasteiger partial charge in [0.2, 0.25) is 5.91 Å². The molecule has 2 heteroatoms. The molecule has 0 aromatic rings. The number of carbonyl (C=O) groups is 1. The van der Waals surface area contributed by atoms with Gasteiger partial charge in [0, 0.05) is 18.1 Å². The van der Waals surface area contributed by atoms with Crippen LogP contribution in [0.25, 0.3) is 0 Å². The molecule has 0 fully saturated rings. The van der Waals surface area contributed by atoms with Crippen molar-refractivity contribution in [2.45, 2.75) is 34.6 Å². The summed E-state index contributed by atoms with van der Waals surface area (Å²) in [7, 11) is 0. The van der Waals surface area contributed by atoms with Gasteiger partial charge >= 0.3 is 0 Å². The van der Waals surface area contributed by atoms with E-state index in [1.807, 2.05) is 0 Å². The van der Waals surface area contributed by atoms with Gasteiger partial charge in [-0.25, -0.2) is 0 Å². The molecule has 100 valence electrons. The van der Waals surface area contributed by atoms with Crippen LogP contribution in [0, 0.1) is 48.4 Å². The van der Waals surface area contributed by atoms with Crippen molar-refractivity contribution in [1.29, 1.82) is 0 Å². The number of hydrogen-bond acceptors (Lipinski definition) is 1. The molecule has 0 atom stereocenters. The first kappa shape index (κ1) is 17.2. The molecule has 0 rings (SSSR count). The number of amides is 1. The van der Waals surface area contributed by atoms with E-state index in [4.69, 9.17) is 12.8 Å². The molecule has 0 aliphatic rings. The van der Waals surface area contributed by atoms with Crippen LogP contribution in [0.1, 0.15) is 34.6 Å². The molecule has 20 heavy (non-hydrogen) atoms. The third-order valence-electron chi connectivity index (χ3n) is 2.37. The highest BCUT2D eigenvalue weighted by Crippen LogP contribution is 2.19. The van der Waals surface area contributed by atoms with Crippen LogP contribution in [0.4, 0.5) is 0 Å². The lowest BCUT2D eigenvalue weighted by Gasteiger charge is -2.22. The maximum atomic E-state index is 11.9. The molecule has 0 spiro atoms. The summed E-state index contributed by atoms with van der Waals surface area (Å²) in [6.07, 6.45) is 11.0. The van der Waals surface area contributed by atoms with Crippen LogP contribution in [0.5, 0.6) is 0 Å². The molecule has 0 unspecified atom stereocenters. The van der Waals surface area contributed by atoms with Crippen molar-refractivity contribution < 1.29 is 4.79 Å². The van der Waals surface area contributed by atoms with Gasteiger partial charge in [-0.05, 0) is 27.7 Å². The summed E-state index contributed by atoms with van der Waals surface area (Å²) in [4.78, 5) is 13.2. The van der Waals surface area contributed by atoms with Gasteiger partial charge in [-0.1, -0.05) is 23.7 Å². The molecule has 0 radical (unpaired) electrons. The Morgan fingerprint density at radius 2 is 1.20 bits per heavy atom. The van der Waals surface area contributed by atoms with Crippen molar-refractivity contribution in [3.8, 4) is 48.4 Å². The summed E-state index contributed by atoms with van der Waals surface area (Å²) in [5.74, 6) is 15.9. The van der Waals surface area contributed by atoms with E-state index in [0.717, 1.165) is 0 Å². The number of terminal acetylenes is 2. The van der Waals surface area contributed by atoms with Crippen LogP contribution in [-0.2, 0) is 4.79 Å². The Labute approximate surface area is 121 Å². The molecule has 1 amide bonds. The minimum absolute atomic E-state index is 0.277. The summed E-state index contributed by atoms with van der Waals surface area (Å²) >= 11 is 0. The maximum Gasteiger partial charge on any atom is 0.229 e. The molecule has 0 heterocycles. The SMILES string of the molecule is C#C/C(=C(\C)C#CC)N(C(C)=O)/C(C#C)=C(\C)C#CC. The van der Waals surface area contributed by atoms with Crippen molar-refractivity contribution in [2.75, 3.05) is 0 Å². The van der Waals surface area contributed by atoms with E-state index in [9.17, 15) is 4.79 Å². The smallest absolute Gasteiger partial charge is 0.229 e. The molecule has 0 aliphatic heterocycles. The Kier molecular flexibility index (Phi) is 7.15. The number of rotatable bonds is 2. The molecule has 0 bridgehead atoms. The quantitative estimate of drug-likeness (QED) is 0.701. The molecule has 0 N–H and O–H groups in total. The third-order valence-corrected chi connectivity index (χ3v) is 2.37. The molecule has 2 nitrogen and oxygen atoms in total. The first-order valence-corrected chi connectivity index (χ1v) is 5.95. The largest absolute Gasteiger partial charge is 0.274 e. The van der Waals surface area contributed by atoms with Crippen molar-refractivity contribution >= 4 is 5.91 Å². The van der Waals surface area contributed by atoms with Gasteiger partial charge in [0.25, 0.3) is 0 Å². The zero-order valence-electron chi connectivity index (χ0n) is 12.5. The topological polar surface area (TPSA) is 20.3 Å². The van der Waals surface area contributed by atoms with Crippen LogP contribution in [-0.4, -0.2) is 10.8 Å². The van der Waals surface area contributed by atoms with Crippen molar-refractivity contribution in [3.05, 3.63) is 22.5 Å². The molecule has 0 aromatic carbocycles. The van der Waals surface area contributed by atoms with Crippen LogP contribution in [0.2, 0.25) is 0 Å². The Balaban J connectivity index is 6.35. The van der Waals surface area contributed by atoms with E-state index in [2.05, 4.69) is 35.5 Å². The predicted octanol–water partition coefficient (Wildman–Crippen LogP) is 2.70. The van der Waals surface area contributed by atoms with Crippen LogP contribution in [0.15, 0.2) is 22.5 Å². The lowest BCUT2D eigenvalue weighted by Crippen LogP contribution is -2.28. The van der Waals surface area contributed by atoms with E-state index >= 15 is 0 Å². The second-order valence-electron chi connectivity index (χ2n) is 3.84. The van der Waals surface area contributed by atoms with E-state index in [1.165, 1.54) is 11.8 Å². The third kappa shape index (κ3) is 4.14. The minimum Gasteiger partial charge on any atom is -0.274 e. The zero-order valence-corrected chi connectivity index (χ0v) is 12.5. The van der Waals surface area contributed by atoms with Gasteiger partial charge in [-0.2, -0.15) is 0 Å². The molecule has 0 aliphatic carbocycles. The van der Waals surface area contributed by atoms with Gasteiger partial charge in [0.15, 0.2) is 0 Å². The second kappa shape index (κ2) is 8.32. The molecule has 0 saturated heterocycles. The summed E-state index contributed by atoms with van der Waals surface area (Å²) in [5.41, 5.74) is 1.90.